The van der Waals surface area contributed by atoms with E-state index < -0.39 is 14.8 Å². The Morgan fingerprint density at radius 1 is 1.12 bits per heavy atom. The van der Waals surface area contributed by atoms with Gasteiger partial charge in [0.05, 0.1) is 0 Å². The molecule has 10 heteroatoms. The number of imide groups is 1. The minimum absolute atomic E-state index is 0.270. The van der Waals surface area contributed by atoms with E-state index in [-0.39, 0.29) is 6.54 Å². The fraction of sp³-hybridized carbons (Fsp3) is 0.800. The van der Waals surface area contributed by atoms with Crippen LogP contribution >= 0.6 is 0 Å². The van der Waals surface area contributed by atoms with Crippen molar-refractivity contribution in [3.8, 4) is 6.26 Å². The molecule has 0 spiro atoms. The lowest BCUT2D eigenvalue weighted by Crippen LogP contribution is -2.44. The zero-order chi connectivity index (χ0) is 19.0. The van der Waals surface area contributed by atoms with Gasteiger partial charge < -0.3 is 23.3 Å². The highest BCUT2D eigenvalue weighted by Gasteiger charge is 2.37. The Hall–Kier alpha value is -1.67. The van der Waals surface area contributed by atoms with Gasteiger partial charge in [-0.25, -0.2) is 4.79 Å². The number of carbonyl (C=O) groups excluding carboxylic acids is 2. The molecule has 0 unspecified atom stereocenters. The van der Waals surface area contributed by atoms with E-state index in [1.54, 1.807) is 6.26 Å². The molecule has 0 aromatic carbocycles. The molecule has 0 aromatic rings. The first-order valence-corrected chi connectivity index (χ1v) is 10.2. The van der Waals surface area contributed by atoms with Crippen LogP contribution in [0.5, 0.6) is 0 Å². The molecule has 3 amide bonds. The molecule has 0 aliphatic rings. The van der Waals surface area contributed by atoms with Gasteiger partial charge >= 0.3 is 14.8 Å². The number of amides is 3. The summed E-state index contributed by atoms with van der Waals surface area (Å²) >= 11 is 0. The minimum atomic E-state index is -2.69. The van der Waals surface area contributed by atoms with E-state index in [2.05, 4.69) is 10.1 Å². The molecule has 0 saturated heterocycles. The molecule has 0 atom stereocenters. The van der Waals surface area contributed by atoms with Crippen LogP contribution in [0.3, 0.4) is 0 Å². The van der Waals surface area contributed by atoms with Gasteiger partial charge in [0.2, 0.25) is 6.41 Å². The summed E-state index contributed by atoms with van der Waals surface area (Å²) < 4.78 is 20.5. The fourth-order valence-corrected chi connectivity index (χ4v) is 3.92. The third kappa shape index (κ3) is 10.0. The van der Waals surface area contributed by atoms with Crippen molar-refractivity contribution in [1.82, 2.24) is 10.2 Å². The smallest absolute Gasteiger partial charge is 0.428 e. The highest BCUT2D eigenvalue weighted by molar-refractivity contribution is 6.60. The summed E-state index contributed by atoms with van der Waals surface area (Å²) in [7, 11) is 1.88. The summed E-state index contributed by atoms with van der Waals surface area (Å²) in [5.74, 6) is 0. The summed E-state index contributed by atoms with van der Waals surface area (Å²) in [6, 6.07) is 0.0983. The van der Waals surface area contributed by atoms with Crippen molar-refractivity contribution < 1.29 is 27.6 Å². The highest BCUT2D eigenvalue weighted by Crippen LogP contribution is 2.15. The third-order valence-electron chi connectivity index (χ3n) is 3.72. The van der Waals surface area contributed by atoms with Crippen LogP contribution in [-0.2, 0) is 22.8 Å². The summed E-state index contributed by atoms with van der Waals surface area (Å²) in [4.78, 5) is 24.1. The number of rotatable bonds is 15. The van der Waals surface area contributed by atoms with Crippen LogP contribution in [0.1, 0.15) is 32.1 Å². The standard InChI is InChI=1S/C15H29N3O6Si/c1-21-25(22-2,23-3)12-8-10-18(14-19)15(20)17-9-6-4-5-7-11-24-13-16/h14H,4-12H2,1-3H3,(H,17,20). The van der Waals surface area contributed by atoms with Crippen molar-refractivity contribution in [2.45, 2.75) is 38.1 Å². The lowest BCUT2D eigenvalue weighted by molar-refractivity contribution is -0.115. The normalized spacial score (nSPS) is 10.8. The van der Waals surface area contributed by atoms with Crippen LogP contribution in [0.15, 0.2) is 0 Å². The van der Waals surface area contributed by atoms with E-state index in [0.717, 1.165) is 30.6 Å². The maximum absolute atomic E-state index is 12.0. The van der Waals surface area contributed by atoms with Gasteiger partial charge in [0.1, 0.15) is 6.61 Å². The molecule has 0 radical (unpaired) electrons. The Kier molecular flexibility index (Phi) is 13.7. The van der Waals surface area contributed by atoms with Crippen LogP contribution in [-0.4, -0.2) is 67.2 Å². The second-order valence-corrected chi connectivity index (χ2v) is 8.37. The largest absolute Gasteiger partial charge is 0.500 e. The maximum Gasteiger partial charge on any atom is 0.500 e. The predicted molar refractivity (Wildman–Crippen MR) is 92.4 cm³/mol. The Morgan fingerprint density at radius 2 is 1.76 bits per heavy atom. The molecule has 25 heavy (non-hydrogen) atoms. The quantitative estimate of drug-likeness (QED) is 0.200. The van der Waals surface area contributed by atoms with Gasteiger partial charge in [0.15, 0.2) is 0 Å². The molecule has 9 nitrogen and oxygen atoms in total. The molecule has 0 bridgehead atoms. The first-order chi connectivity index (χ1) is 12.1. The van der Waals surface area contributed by atoms with Crippen molar-refractivity contribution in [3.05, 3.63) is 0 Å². The average molecular weight is 375 g/mol. The van der Waals surface area contributed by atoms with Crippen molar-refractivity contribution in [3.63, 3.8) is 0 Å². The number of nitrogens with zero attached hydrogens (tertiary/aromatic N) is 2. The second-order valence-electron chi connectivity index (χ2n) is 5.28. The van der Waals surface area contributed by atoms with Crippen molar-refractivity contribution in [2.24, 2.45) is 0 Å². The van der Waals surface area contributed by atoms with Gasteiger partial charge in [0.25, 0.3) is 6.26 Å². The van der Waals surface area contributed by atoms with Gasteiger partial charge in [-0.15, -0.1) is 0 Å². The average Bonchev–Trinajstić information content (AvgIpc) is 2.64. The topological polar surface area (TPSA) is 110 Å². The molecule has 0 aliphatic heterocycles. The number of nitriles is 1. The number of hydrogen-bond donors (Lipinski definition) is 1. The Labute approximate surface area is 150 Å². The van der Waals surface area contributed by atoms with Crippen molar-refractivity contribution >= 4 is 21.2 Å². The van der Waals surface area contributed by atoms with E-state index in [4.69, 9.17) is 18.5 Å². The van der Waals surface area contributed by atoms with Crippen LogP contribution in [0.2, 0.25) is 6.04 Å². The fourth-order valence-electron chi connectivity index (χ4n) is 2.22. The predicted octanol–water partition coefficient (Wildman–Crippen LogP) is 1.48. The first-order valence-electron chi connectivity index (χ1n) is 8.25. The molecule has 0 aromatic heterocycles. The van der Waals surface area contributed by atoms with Crippen LogP contribution in [0.4, 0.5) is 4.79 Å². The van der Waals surface area contributed by atoms with E-state index in [9.17, 15) is 9.59 Å². The summed E-state index contributed by atoms with van der Waals surface area (Å²) in [6.07, 6.45) is 6.13. The van der Waals surface area contributed by atoms with E-state index in [0.29, 0.717) is 32.0 Å². The molecule has 0 heterocycles. The maximum atomic E-state index is 12.0. The summed E-state index contributed by atoms with van der Waals surface area (Å²) in [6.45, 7) is 1.19. The number of urea groups is 1. The van der Waals surface area contributed by atoms with Crippen molar-refractivity contribution in [1.29, 1.82) is 5.26 Å². The lowest BCUT2D eigenvalue weighted by Gasteiger charge is -2.25. The monoisotopic (exact) mass is 375 g/mol. The Morgan fingerprint density at radius 3 is 2.32 bits per heavy atom. The van der Waals surface area contributed by atoms with Crippen molar-refractivity contribution in [2.75, 3.05) is 41.0 Å². The summed E-state index contributed by atoms with van der Waals surface area (Å²) in [5, 5.41) is 10.9. The highest BCUT2D eigenvalue weighted by atomic mass is 28.4. The van der Waals surface area contributed by atoms with Crippen LogP contribution < -0.4 is 5.32 Å². The van der Waals surface area contributed by atoms with E-state index in [1.165, 1.54) is 21.3 Å². The van der Waals surface area contributed by atoms with Crippen LogP contribution in [0.25, 0.3) is 0 Å². The van der Waals surface area contributed by atoms with Gasteiger partial charge in [0, 0.05) is 40.5 Å². The molecule has 0 aliphatic carbocycles. The second kappa shape index (κ2) is 14.7. The Bertz CT molecular complexity index is 406. The number of nitrogens with one attached hydrogen (secondary N) is 1. The zero-order valence-corrected chi connectivity index (χ0v) is 16.3. The molecule has 1 N–H and O–H groups in total. The van der Waals surface area contributed by atoms with E-state index >= 15 is 0 Å². The molecule has 0 saturated carbocycles. The number of carbonyl (C=O) groups is 2. The minimum Gasteiger partial charge on any atom is -0.428 e. The molecule has 144 valence electrons. The number of hydrogen-bond acceptors (Lipinski definition) is 7. The summed E-state index contributed by atoms with van der Waals surface area (Å²) in [5.41, 5.74) is 0. The SMILES string of the molecule is CO[Si](CCCN(C=O)C(=O)NCCCCCCOC#N)(OC)OC. The Balaban J connectivity index is 3.95. The molecular weight excluding hydrogens is 346 g/mol. The third-order valence-corrected chi connectivity index (χ3v) is 6.55. The number of unbranched alkanes of at least 4 members (excludes halogenated alkanes) is 3. The first kappa shape index (κ1) is 23.3. The van der Waals surface area contributed by atoms with Gasteiger partial charge in [-0.3, -0.25) is 9.69 Å². The van der Waals surface area contributed by atoms with Crippen LogP contribution in [0, 0.1) is 11.5 Å². The van der Waals surface area contributed by atoms with Gasteiger partial charge in [-0.1, -0.05) is 6.42 Å². The molecular formula is C15H29N3O6Si. The number of ether oxygens (including phenoxy) is 1. The lowest BCUT2D eigenvalue weighted by atomic mass is 10.2. The zero-order valence-electron chi connectivity index (χ0n) is 15.3. The van der Waals surface area contributed by atoms with Gasteiger partial charge in [-0.2, -0.15) is 5.26 Å². The van der Waals surface area contributed by atoms with E-state index in [1.807, 2.05) is 0 Å². The molecule has 0 fully saturated rings. The van der Waals surface area contributed by atoms with Gasteiger partial charge in [-0.05, 0) is 25.7 Å². The molecule has 0 rings (SSSR count).